The highest BCUT2D eigenvalue weighted by atomic mass is 127. The zero-order valence-corrected chi connectivity index (χ0v) is 11.6. The zero-order valence-electron chi connectivity index (χ0n) is 9.40. The Morgan fingerprint density at radius 3 is 2.76 bits per heavy atom. The minimum atomic E-state index is -0.383. The molecule has 0 bridgehead atoms. The van der Waals surface area contributed by atoms with Crippen LogP contribution in [0.15, 0.2) is 24.3 Å². The molecule has 2 amide bonds. The number of β-amino-alcohol motifs (C(OH)–C–C–N with tert-alkyl or cyclic N) is 1. The second kappa shape index (κ2) is 5.68. The standard InChI is InChI=1S/C12H15IN2O2/c13-9-3-5-10(6-4-9)14-12(17)15-7-1-2-11(16)8-15/h3-6,11,16H,1-2,7-8H2,(H,14,17). The lowest BCUT2D eigenvalue weighted by Crippen LogP contribution is -2.44. The van der Waals surface area contributed by atoms with E-state index in [0.717, 1.165) is 22.1 Å². The van der Waals surface area contributed by atoms with Gasteiger partial charge in [-0.25, -0.2) is 4.79 Å². The Kier molecular flexibility index (Phi) is 4.22. The predicted octanol–water partition coefficient (Wildman–Crippen LogP) is 2.28. The van der Waals surface area contributed by atoms with Crippen molar-refractivity contribution in [2.24, 2.45) is 0 Å². The molecule has 4 nitrogen and oxygen atoms in total. The van der Waals surface area contributed by atoms with Gasteiger partial charge in [0.05, 0.1) is 6.10 Å². The summed E-state index contributed by atoms with van der Waals surface area (Å²) in [5.41, 5.74) is 0.787. The number of likely N-dealkylation sites (tertiary alicyclic amines) is 1. The Balaban J connectivity index is 1.94. The molecule has 0 radical (unpaired) electrons. The summed E-state index contributed by atoms with van der Waals surface area (Å²) in [7, 11) is 0. The van der Waals surface area contributed by atoms with Crippen LogP contribution in [0.2, 0.25) is 0 Å². The summed E-state index contributed by atoms with van der Waals surface area (Å²) in [5.74, 6) is 0. The van der Waals surface area contributed by atoms with Gasteiger partial charge in [0.2, 0.25) is 0 Å². The zero-order chi connectivity index (χ0) is 12.3. The van der Waals surface area contributed by atoms with Gasteiger partial charge in [0.1, 0.15) is 0 Å². The second-order valence-electron chi connectivity index (χ2n) is 4.18. The summed E-state index contributed by atoms with van der Waals surface area (Å²) in [5, 5.41) is 12.3. The highest BCUT2D eigenvalue weighted by molar-refractivity contribution is 14.1. The van der Waals surface area contributed by atoms with Crippen LogP contribution < -0.4 is 5.32 Å². The number of benzene rings is 1. The normalized spacial score (nSPS) is 20.1. The van der Waals surface area contributed by atoms with Crippen LogP contribution >= 0.6 is 22.6 Å². The Bertz CT molecular complexity index is 394. The first kappa shape index (κ1) is 12.6. The van der Waals surface area contributed by atoms with E-state index in [2.05, 4.69) is 27.9 Å². The van der Waals surface area contributed by atoms with Crippen LogP contribution in [0, 0.1) is 3.57 Å². The second-order valence-corrected chi connectivity index (χ2v) is 5.42. The van der Waals surface area contributed by atoms with Crippen molar-refractivity contribution in [2.45, 2.75) is 18.9 Å². The Morgan fingerprint density at radius 1 is 1.41 bits per heavy atom. The molecular formula is C12H15IN2O2. The van der Waals surface area contributed by atoms with Crippen molar-refractivity contribution in [3.63, 3.8) is 0 Å². The van der Waals surface area contributed by atoms with Gasteiger partial charge in [0.25, 0.3) is 0 Å². The molecule has 0 aromatic heterocycles. The third kappa shape index (κ3) is 3.57. The molecule has 92 valence electrons. The number of hydrogen-bond donors (Lipinski definition) is 2. The van der Waals surface area contributed by atoms with Crippen LogP contribution in [-0.2, 0) is 0 Å². The maximum absolute atomic E-state index is 11.9. The van der Waals surface area contributed by atoms with E-state index in [9.17, 15) is 9.90 Å². The monoisotopic (exact) mass is 346 g/mol. The summed E-state index contributed by atoms with van der Waals surface area (Å²) in [6.07, 6.45) is 1.26. The van der Waals surface area contributed by atoms with E-state index in [1.54, 1.807) is 4.90 Å². The van der Waals surface area contributed by atoms with Crippen molar-refractivity contribution in [3.05, 3.63) is 27.8 Å². The number of urea groups is 1. The molecule has 1 saturated heterocycles. The van der Waals surface area contributed by atoms with Gasteiger partial charge < -0.3 is 15.3 Å². The molecular weight excluding hydrogens is 331 g/mol. The Labute approximate surface area is 114 Å². The predicted molar refractivity (Wildman–Crippen MR) is 75.0 cm³/mol. The number of aliphatic hydroxyl groups excluding tert-OH is 1. The Hall–Kier alpha value is -0.820. The van der Waals surface area contributed by atoms with E-state index in [1.807, 2.05) is 24.3 Å². The van der Waals surface area contributed by atoms with Gasteiger partial charge in [0.15, 0.2) is 0 Å². The van der Waals surface area contributed by atoms with Crippen LogP contribution in [0.1, 0.15) is 12.8 Å². The number of halogens is 1. The maximum atomic E-state index is 11.9. The summed E-state index contributed by atoms with van der Waals surface area (Å²) in [4.78, 5) is 13.6. The van der Waals surface area contributed by atoms with Crippen molar-refractivity contribution in [1.29, 1.82) is 0 Å². The topological polar surface area (TPSA) is 52.6 Å². The van der Waals surface area contributed by atoms with E-state index < -0.39 is 0 Å². The molecule has 0 saturated carbocycles. The fraction of sp³-hybridized carbons (Fsp3) is 0.417. The lowest BCUT2D eigenvalue weighted by atomic mass is 10.1. The molecule has 1 aromatic carbocycles. The fourth-order valence-electron chi connectivity index (χ4n) is 1.87. The molecule has 1 heterocycles. The lowest BCUT2D eigenvalue weighted by molar-refractivity contribution is 0.0883. The van der Waals surface area contributed by atoms with Crippen molar-refractivity contribution in [1.82, 2.24) is 4.90 Å². The van der Waals surface area contributed by atoms with Gasteiger partial charge in [-0.3, -0.25) is 0 Å². The SMILES string of the molecule is O=C(Nc1ccc(I)cc1)N1CCCC(O)C1. The molecule has 1 aromatic rings. The van der Waals surface area contributed by atoms with Gasteiger partial charge in [-0.05, 0) is 59.7 Å². The highest BCUT2D eigenvalue weighted by Crippen LogP contribution is 2.14. The van der Waals surface area contributed by atoms with Crippen molar-refractivity contribution in [3.8, 4) is 0 Å². The van der Waals surface area contributed by atoms with Crippen LogP contribution in [-0.4, -0.2) is 35.2 Å². The molecule has 2 rings (SSSR count). The number of rotatable bonds is 1. The molecule has 5 heteroatoms. The number of hydrogen-bond acceptors (Lipinski definition) is 2. The minimum Gasteiger partial charge on any atom is -0.391 e. The number of nitrogens with zero attached hydrogens (tertiary/aromatic N) is 1. The van der Waals surface area contributed by atoms with E-state index in [0.29, 0.717) is 13.1 Å². The number of carbonyl (C=O) groups is 1. The molecule has 0 spiro atoms. The fourth-order valence-corrected chi connectivity index (χ4v) is 2.23. The van der Waals surface area contributed by atoms with E-state index in [1.165, 1.54) is 0 Å². The van der Waals surface area contributed by atoms with Gasteiger partial charge in [-0.1, -0.05) is 0 Å². The molecule has 1 unspecified atom stereocenters. The van der Waals surface area contributed by atoms with Crippen LogP contribution in [0.3, 0.4) is 0 Å². The van der Waals surface area contributed by atoms with Crippen molar-refractivity contribution >= 4 is 34.3 Å². The number of nitrogens with one attached hydrogen (secondary N) is 1. The first-order valence-corrected chi connectivity index (χ1v) is 6.72. The summed E-state index contributed by atoms with van der Waals surface area (Å²) >= 11 is 2.22. The number of piperidine rings is 1. The molecule has 1 aliphatic heterocycles. The first-order chi connectivity index (χ1) is 8.15. The van der Waals surface area contributed by atoms with Crippen molar-refractivity contribution in [2.75, 3.05) is 18.4 Å². The Morgan fingerprint density at radius 2 is 2.12 bits per heavy atom. The van der Waals surface area contributed by atoms with Crippen molar-refractivity contribution < 1.29 is 9.90 Å². The lowest BCUT2D eigenvalue weighted by Gasteiger charge is -2.30. The molecule has 1 fully saturated rings. The van der Waals surface area contributed by atoms with Gasteiger partial charge in [-0.2, -0.15) is 0 Å². The van der Waals surface area contributed by atoms with Gasteiger partial charge in [0, 0.05) is 22.3 Å². The van der Waals surface area contributed by atoms with Crippen LogP contribution in [0.4, 0.5) is 10.5 Å². The third-order valence-electron chi connectivity index (χ3n) is 2.78. The molecule has 1 atom stereocenters. The average Bonchev–Trinajstić information content (AvgIpc) is 2.32. The van der Waals surface area contributed by atoms with Crippen LogP contribution in [0.5, 0.6) is 0 Å². The number of anilines is 1. The molecule has 17 heavy (non-hydrogen) atoms. The number of amides is 2. The molecule has 1 aliphatic rings. The average molecular weight is 346 g/mol. The first-order valence-electron chi connectivity index (χ1n) is 5.65. The van der Waals surface area contributed by atoms with Crippen LogP contribution in [0.25, 0.3) is 0 Å². The summed E-state index contributed by atoms with van der Waals surface area (Å²) < 4.78 is 1.13. The summed E-state index contributed by atoms with van der Waals surface area (Å²) in [6.45, 7) is 1.14. The van der Waals surface area contributed by atoms with Gasteiger partial charge >= 0.3 is 6.03 Å². The quantitative estimate of drug-likeness (QED) is 0.767. The largest absolute Gasteiger partial charge is 0.391 e. The number of carbonyl (C=O) groups excluding carboxylic acids is 1. The third-order valence-corrected chi connectivity index (χ3v) is 3.50. The van der Waals surface area contributed by atoms with E-state index >= 15 is 0 Å². The highest BCUT2D eigenvalue weighted by Gasteiger charge is 2.21. The molecule has 0 aliphatic carbocycles. The smallest absolute Gasteiger partial charge is 0.321 e. The number of aliphatic hydroxyl groups is 1. The van der Waals surface area contributed by atoms with E-state index in [4.69, 9.17) is 0 Å². The minimum absolute atomic E-state index is 0.134. The maximum Gasteiger partial charge on any atom is 0.321 e. The van der Waals surface area contributed by atoms with E-state index in [-0.39, 0.29) is 12.1 Å². The molecule has 2 N–H and O–H groups in total. The summed E-state index contributed by atoms with van der Waals surface area (Å²) in [6, 6.07) is 7.51. The van der Waals surface area contributed by atoms with Gasteiger partial charge in [-0.15, -0.1) is 0 Å².